The van der Waals surface area contributed by atoms with E-state index in [1.54, 1.807) is 26.4 Å². The molecule has 6 heteroatoms. The third kappa shape index (κ3) is 7.49. The van der Waals surface area contributed by atoms with Crippen molar-refractivity contribution in [3.8, 4) is 17.2 Å². The van der Waals surface area contributed by atoms with Gasteiger partial charge in [0.25, 0.3) is 0 Å². The normalized spacial score (nSPS) is 13.0. The lowest BCUT2D eigenvalue weighted by atomic mass is 9.85. The molecular formula is C31H38O6. The second-order valence-corrected chi connectivity index (χ2v) is 9.90. The Labute approximate surface area is 219 Å². The van der Waals surface area contributed by atoms with Crippen LogP contribution < -0.4 is 14.2 Å². The van der Waals surface area contributed by atoms with Crippen LogP contribution in [0.1, 0.15) is 55.0 Å². The van der Waals surface area contributed by atoms with Crippen LogP contribution >= 0.6 is 0 Å². The Morgan fingerprint density at radius 2 is 1.51 bits per heavy atom. The number of aliphatic hydroxyl groups excluding tert-OH is 1. The molecule has 0 aliphatic heterocycles. The highest BCUT2D eigenvalue weighted by molar-refractivity contribution is 5.76. The summed E-state index contributed by atoms with van der Waals surface area (Å²) in [6.45, 7) is 4.97. The van der Waals surface area contributed by atoms with Crippen LogP contribution in [0.3, 0.4) is 0 Å². The van der Waals surface area contributed by atoms with Crippen molar-refractivity contribution in [3.05, 3.63) is 89.0 Å². The van der Waals surface area contributed by atoms with E-state index in [1.165, 1.54) is 19.4 Å². The topological polar surface area (TPSA) is 85.2 Å². The number of aliphatic carboxylic acids is 1. The second-order valence-electron chi connectivity index (χ2n) is 9.90. The lowest BCUT2D eigenvalue weighted by Crippen LogP contribution is -2.37. The summed E-state index contributed by atoms with van der Waals surface area (Å²) in [5, 5.41) is 20.9. The molecule has 0 saturated carbocycles. The molecule has 198 valence electrons. The Balaban J connectivity index is 1.82. The van der Waals surface area contributed by atoms with Crippen molar-refractivity contribution in [1.82, 2.24) is 0 Å². The van der Waals surface area contributed by atoms with Crippen molar-refractivity contribution < 1.29 is 29.2 Å². The number of rotatable bonds is 13. The zero-order valence-corrected chi connectivity index (χ0v) is 22.4. The van der Waals surface area contributed by atoms with Crippen molar-refractivity contribution in [2.24, 2.45) is 5.92 Å². The standard InChI is InChI=1S/C31H38O6/c1-21-27(35-4)19-25(20-28(21)36-5)29(32)24(13-9-12-22-10-7-6-8-11-22)18-23-14-16-26(17-15-23)37-31(2,3)30(33)34/h6-8,10-11,14-17,19-20,24,29,32H,9,12-13,18H2,1-5H3,(H,33,34)/t24-,29-/m0/s1. The van der Waals surface area contributed by atoms with Crippen LogP contribution in [0.25, 0.3) is 0 Å². The molecule has 0 heterocycles. The minimum absolute atomic E-state index is 0.0527. The summed E-state index contributed by atoms with van der Waals surface area (Å²) in [6.07, 6.45) is 2.61. The summed E-state index contributed by atoms with van der Waals surface area (Å²) in [6, 6.07) is 21.5. The van der Waals surface area contributed by atoms with Crippen molar-refractivity contribution in [2.75, 3.05) is 14.2 Å². The number of hydrogen-bond acceptors (Lipinski definition) is 5. The number of hydrogen-bond donors (Lipinski definition) is 2. The van der Waals surface area contributed by atoms with Gasteiger partial charge in [0.15, 0.2) is 5.60 Å². The van der Waals surface area contributed by atoms with Gasteiger partial charge in [-0.2, -0.15) is 0 Å². The first kappa shape index (κ1) is 28.1. The van der Waals surface area contributed by atoms with Crippen molar-refractivity contribution in [1.29, 1.82) is 0 Å². The SMILES string of the molecule is COc1cc([C@@H](O)[C@@H](CCCc2ccccc2)Cc2ccc(OC(C)(C)C(=O)O)cc2)cc(OC)c1C. The van der Waals surface area contributed by atoms with E-state index in [4.69, 9.17) is 14.2 Å². The predicted octanol–water partition coefficient (Wildman–Crippen LogP) is 6.17. The molecule has 3 aromatic rings. The van der Waals surface area contributed by atoms with Crippen LogP contribution in [0.5, 0.6) is 17.2 Å². The summed E-state index contributed by atoms with van der Waals surface area (Å²) in [5.41, 5.74) is 2.64. The monoisotopic (exact) mass is 506 g/mol. The summed E-state index contributed by atoms with van der Waals surface area (Å²) in [4.78, 5) is 11.4. The van der Waals surface area contributed by atoms with E-state index < -0.39 is 17.7 Å². The van der Waals surface area contributed by atoms with Crippen molar-refractivity contribution in [2.45, 2.75) is 58.2 Å². The molecular weight excluding hydrogens is 468 g/mol. The van der Waals surface area contributed by atoms with Crippen molar-refractivity contribution >= 4 is 5.97 Å². The van der Waals surface area contributed by atoms with Gasteiger partial charge < -0.3 is 24.4 Å². The fourth-order valence-corrected chi connectivity index (χ4v) is 4.47. The molecule has 37 heavy (non-hydrogen) atoms. The number of benzene rings is 3. The molecule has 2 atom stereocenters. The lowest BCUT2D eigenvalue weighted by molar-refractivity contribution is -0.152. The van der Waals surface area contributed by atoms with Gasteiger partial charge in [0.2, 0.25) is 0 Å². The van der Waals surface area contributed by atoms with E-state index in [0.29, 0.717) is 23.7 Å². The summed E-state index contributed by atoms with van der Waals surface area (Å²) in [7, 11) is 3.23. The Hall–Kier alpha value is -3.51. The number of aryl methyl sites for hydroxylation is 1. The molecule has 0 bridgehead atoms. The highest BCUT2D eigenvalue weighted by Crippen LogP contribution is 2.37. The van der Waals surface area contributed by atoms with Crippen LogP contribution in [0.4, 0.5) is 0 Å². The Kier molecular flexibility index (Phi) is 9.59. The van der Waals surface area contributed by atoms with E-state index >= 15 is 0 Å². The Morgan fingerprint density at radius 3 is 2.05 bits per heavy atom. The van der Waals surface area contributed by atoms with Crippen LogP contribution in [0.2, 0.25) is 0 Å². The number of carboxylic acids is 1. The molecule has 3 rings (SSSR count). The van der Waals surface area contributed by atoms with Gasteiger partial charge in [-0.15, -0.1) is 0 Å². The molecule has 0 spiro atoms. The second kappa shape index (κ2) is 12.6. The quantitative estimate of drug-likeness (QED) is 0.288. The van der Waals surface area contributed by atoms with Gasteiger partial charge in [0, 0.05) is 5.56 Å². The largest absolute Gasteiger partial charge is 0.496 e. The number of carbonyl (C=O) groups is 1. The van der Waals surface area contributed by atoms with Crippen LogP contribution in [0.15, 0.2) is 66.7 Å². The minimum atomic E-state index is -1.32. The van der Waals surface area contributed by atoms with E-state index in [1.807, 2.05) is 49.4 Å². The van der Waals surface area contributed by atoms with Gasteiger partial charge >= 0.3 is 5.97 Å². The average Bonchev–Trinajstić information content (AvgIpc) is 2.89. The molecule has 0 fully saturated rings. The first-order valence-corrected chi connectivity index (χ1v) is 12.6. The third-order valence-corrected chi connectivity index (χ3v) is 6.76. The first-order valence-electron chi connectivity index (χ1n) is 12.6. The van der Waals surface area contributed by atoms with Gasteiger partial charge in [-0.3, -0.25) is 0 Å². The first-order chi connectivity index (χ1) is 17.6. The molecule has 0 aliphatic carbocycles. The lowest BCUT2D eigenvalue weighted by Gasteiger charge is -2.25. The number of carboxylic acid groups (broad SMARTS) is 1. The van der Waals surface area contributed by atoms with E-state index in [-0.39, 0.29) is 5.92 Å². The van der Waals surface area contributed by atoms with Crippen LogP contribution in [-0.2, 0) is 17.6 Å². The van der Waals surface area contributed by atoms with E-state index in [2.05, 4.69) is 12.1 Å². The van der Waals surface area contributed by atoms with Crippen molar-refractivity contribution in [3.63, 3.8) is 0 Å². The van der Waals surface area contributed by atoms with Gasteiger partial charge in [0.05, 0.1) is 20.3 Å². The molecule has 0 amide bonds. The molecule has 0 saturated heterocycles. The third-order valence-electron chi connectivity index (χ3n) is 6.76. The number of ether oxygens (including phenoxy) is 3. The van der Waals surface area contributed by atoms with E-state index in [0.717, 1.165) is 36.0 Å². The van der Waals surface area contributed by atoms with Gasteiger partial charge in [-0.25, -0.2) is 4.79 Å². The van der Waals surface area contributed by atoms with Gasteiger partial charge in [0.1, 0.15) is 17.2 Å². The molecule has 0 aliphatic rings. The summed E-state index contributed by atoms with van der Waals surface area (Å²) in [5.74, 6) is 0.772. The Morgan fingerprint density at radius 1 is 0.919 bits per heavy atom. The zero-order chi connectivity index (χ0) is 27.0. The maximum absolute atomic E-state index is 11.5. The van der Waals surface area contributed by atoms with Gasteiger partial charge in [-0.05, 0) is 93.3 Å². The average molecular weight is 507 g/mol. The fourth-order valence-electron chi connectivity index (χ4n) is 4.47. The molecule has 2 N–H and O–H groups in total. The molecule has 3 aromatic carbocycles. The van der Waals surface area contributed by atoms with E-state index in [9.17, 15) is 15.0 Å². The highest BCUT2D eigenvalue weighted by atomic mass is 16.5. The fraction of sp³-hybridized carbons (Fsp3) is 0.387. The molecule has 0 unspecified atom stereocenters. The highest BCUT2D eigenvalue weighted by Gasteiger charge is 2.29. The predicted molar refractivity (Wildman–Crippen MR) is 145 cm³/mol. The van der Waals surface area contributed by atoms with Crippen LogP contribution in [-0.4, -0.2) is 36.0 Å². The molecule has 0 radical (unpaired) electrons. The number of methoxy groups -OCH3 is 2. The maximum Gasteiger partial charge on any atom is 0.347 e. The Bertz CT molecular complexity index is 1130. The molecule has 6 nitrogen and oxygen atoms in total. The maximum atomic E-state index is 11.5. The minimum Gasteiger partial charge on any atom is -0.496 e. The smallest absolute Gasteiger partial charge is 0.347 e. The van der Waals surface area contributed by atoms with Crippen LogP contribution in [0, 0.1) is 12.8 Å². The molecule has 0 aromatic heterocycles. The van der Waals surface area contributed by atoms with Gasteiger partial charge in [-0.1, -0.05) is 42.5 Å². The zero-order valence-electron chi connectivity index (χ0n) is 22.4. The summed E-state index contributed by atoms with van der Waals surface area (Å²) < 4.78 is 16.7. The summed E-state index contributed by atoms with van der Waals surface area (Å²) >= 11 is 0. The number of aliphatic hydroxyl groups is 1.